The van der Waals surface area contributed by atoms with Crippen molar-refractivity contribution < 1.29 is 4.74 Å². The molecule has 1 aliphatic heterocycles. The number of likely N-dealkylation sites (N-methyl/N-ethyl adjacent to an activating group) is 1. The molecule has 0 unspecified atom stereocenters. The first-order chi connectivity index (χ1) is 7.77. The Kier molecular flexibility index (Phi) is 13.4. The third kappa shape index (κ3) is 6.62. The second-order valence-corrected chi connectivity index (χ2v) is 2.91. The van der Waals surface area contributed by atoms with Gasteiger partial charge in [-0.05, 0) is 12.5 Å². The summed E-state index contributed by atoms with van der Waals surface area (Å²) in [5, 5.41) is 6.35. The van der Waals surface area contributed by atoms with Crippen molar-refractivity contribution in [1.29, 1.82) is 0 Å². The van der Waals surface area contributed by atoms with E-state index in [0.29, 0.717) is 6.04 Å². The minimum absolute atomic E-state index is 0.464. The Hall–Kier alpha value is -0.830. The van der Waals surface area contributed by atoms with Crippen LogP contribution in [0.1, 0.15) is 41.0 Å². The lowest BCUT2D eigenvalue weighted by Gasteiger charge is -2.32. The molecular formula is C13H28N2O. The molecule has 1 fully saturated rings. The Bertz CT molecular complexity index is 186. The van der Waals surface area contributed by atoms with Crippen LogP contribution in [-0.2, 0) is 4.74 Å². The fraction of sp³-hybridized carbons (Fsp3) is 0.769. The summed E-state index contributed by atoms with van der Waals surface area (Å²) in [7, 11) is 1.98. The minimum Gasteiger partial charge on any atom is -0.377 e. The van der Waals surface area contributed by atoms with E-state index in [1.54, 1.807) is 6.08 Å². The molecule has 0 spiro atoms. The second-order valence-electron chi connectivity index (χ2n) is 2.91. The molecular weight excluding hydrogens is 200 g/mol. The first-order valence-corrected chi connectivity index (χ1v) is 6.28. The molecule has 0 radical (unpaired) electrons. The molecule has 0 aromatic carbocycles. The maximum absolute atomic E-state index is 5.07. The van der Waals surface area contributed by atoms with E-state index in [4.69, 9.17) is 4.74 Å². The van der Waals surface area contributed by atoms with Gasteiger partial charge in [0, 0.05) is 7.05 Å². The number of hydrogen-bond acceptors (Lipinski definition) is 3. The highest BCUT2D eigenvalue weighted by Gasteiger charge is 2.22. The molecule has 16 heavy (non-hydrogen) atoms. The fourth-order valence-electron chi connectivity index (χ4n) is 0.979. The molecule has 0 saturated carbocycles. The molecule has 0 aliphatic carbocycles. The van der Waals surface area contributed by atoms with Gasteiger partial charge in [0.15, 0.2) is 0 Å². The lowest BCUT2D eigenvalue weighted by Crippen LogP contribution is -2.44. The normalized spacial score (nSPS) is 14.8. The summed E-state index contributed by atoms with van der Waals surface area (Å²) in [5.41, 5.74) is 1.03. The zero-order valence-corrected chi connectivity index (χ0v) is 11.8. The van der Waals surface area contributed by atoms with Crippen molar-refractivity contribution >= 4 is 5.71 Å². The van der Waals surface area contributed by atoms with Crippen LogP contribution in [-0.4, -0.2) is 37.0 Å². The summed E-state index contributed by atoms with van der Waals surface area (Å²) in [6.07, 6.45) is 2.73. The molecule has 0 aromatic rings. The van der Waals surface area contributed by atoms with E-state index in [0.717, 1.165) is 25.3 Å². The molecule has 1 rings (SSSR count). The van der Waals surface area contributed by atoms with E-state index in [9.17, 15) is 0 Å². The number of hydrazone groups is 1. The predicted molar refractivity (Wildman–Crippen MR) is 73.0 cm³/mol. The van der Waals surface area contributed by atoms with Gasteiger partial charge in [-0.3, -0.25) is 5.01 Å². The van der Waals surface area contributed by atoms with Crippen molar-refractivity contribution in [1.82, 2.24) is 5.01 Å². The van der Waals surface area contributed by atoms with Crippen LogP contribution in [0.5, 0.6) is 0 Å². The van der Waals surface area contributed by atoms with E-state index < -0.39 is 0 Å². The zero-order chi connectivity index (χ0) is 13.0. The van der Waals surface area contributed by atoms with Gasteiger partial charge in [0.25, 0.3) is 0 Å². The van der Waals surface area contributed by atoms with Crippen LogP contribution in [0.4, 0.5) is 0 Å². The molecule has 0 atom stereocenters. The molecule has 1 aliphatic rings. The van der Waals surface area contributed by atoms with Crippen molar-refractivity contribution in [3.05, 3.63) is 12.7 Å². The van der Waals surface area contributed by atoms with Crippen molar-refractivity contribution in [2.45, 2.75) is 47.1 Å². The van der Waals surface area contributed by atoms with Crippen LogP contribution in [0.3, 0.4) is 0 Å². The Labute approximate surface area is 101 Å². The summed E-state index contributed by atoms with van der Waals surface area (Å²) < 4.78 is 5.07. The van der Waals surface area contributed by atoms with Gasteiger partial charge in [-0.1, -0.05) is 41.2 Å². The van der Waals surface area contributed by atoms with Crippen molar-refractivity contribution in [2.24, 2.45) is 5.10 Å². The fourth-order valence-corrected chi connectivity index (χ4v) is 0.979. The highest BCUT2D eigenvalue weighted by molar-refractivity contribution is 5.93. The molecule has 0 bridgehead atoms. The van der Waals surface area contributed by atoms with Gasteiger partial charge < -0.3 is 4.74 Å². The quantitative estimate of drug-likeness (QED) is 0.544. The van der Waals surface area contributed by atoms with E-state index in [1.807, 2.05) is 39.8 Å². The zero-order valence-electron chi connectivity index (χ0n) is 11.8. The highest BCUT2D eigenvalue weighted by atomic mass is 16.5. The monoisotopic (exact) mass is 228 g/mol. The summed E-state index contributed by atoms with van der Waals surface area (Å²) in [5.74, 6) is 0. The average molecular weight is 228 g/mol. The average Bonchev–Trinajstić information content (AvgIpc) is 2.29. The summed E-state index contributed by atoms with van der Waals surface area (Å²) in [6.45, 7) is 15.4. The van der Waals surface area contributed by atoms with Crippen LogP contribution in [0, 0.1) is 0 Å². The lowest BCUT2D eigenvalue weighted by atomic mass is 10.2. The van der Waals surface area contributed by atoms with Gasteiger partial charge in [0.2, 0.25) is 0 Å². The van der Waals surface area contributed by atoms with Gasteiger partial charge in [-0.2, -0.15) is 5.10 Å². The molecule has 3 nitrogen and oxygen atoms in total. The van der Waals surface area contributed by atoms with E-state index in [-0.39, 0.29) is 0 Å². The first-order valence-electron chi connectivity index (χ1n) is 6.28. The van der Waals surface area contributed by atoms with Crippen LogP contribution in [0.25, 0.3) is 0 Å². The van der Waals surface area contributed by atoms with E-state index in [2.05, 4.69) is 18.6 Å². The summed E-state index contributed by atoms with van der Waals surface area (Å²) in [6, 6.07) is 0.464. The molecule has 0 aromatic heterocycles. The van der Waals surface area contributed by atoms with Gasteiger partial charge in [0.05, 0.1) is 25.0 Å². The molecule has 96 valence electrons. The smallest absolute Gasteiger partial charge is 0.0933 e. The third-order valence-corrected chi connectivity index (χ3v) is 2.03. The van der Waals surface area contributed by atoms with Gasteiger partial charge in [0.1, 0.15) is 0 Å². The number of allylic oxidation sites excluding steroid dienone is 1. The van der Waals surface area contributed by atoms with Crippen molar-refractivity contribution in [3.8, 4) is 0 Å². The highest BCUT2D eigenvalue weighted by Crippen LogP contribution is 2.08. The first kappa shape index (κ1) is 17.6. The van der Waals surface area contributed by atoms with Crippen molar-refractivity contribution in [3.63, 3.8) is 0 Å². The molecule has 1 saturated heterocycles. The van der Waals surface area contributed by atoms with Gasteiger partial charge >= 0.3 is 0 Å². The number of ether oxygens (including phenoxy) is 1. The third-order valence-electron chi connectivity index (χ3n) is 2.03. The van der Waals surface area contributed by atoms with Crippen LogP contribution in [0.2, 0.25) is 0 Å². The van der Waals surface area contributed by atoms with E-state index in [1.165, 1.54) is 0 Å². The lowest BCUT2D eigenvalue weighted by molar-refractivity contribution is -0.0553. The molecule has 0 N–H and O–H groups in total. The Balaban J connectivity index is 0. The van der Waals surface area contributed by atoms with Gasteiger partial charge in [-0.25, -0.2) is 0 Å². The Morgan fingerprint density at radius 2 is 1.88 bits per heavy atom. The van der Waals surface area contributed by atoms with E-state index >= 15 is 0 Å². The van der Waals surface area contributed by atoms with Crippen LogP contribution >= 0.6 is 0 Å². The molecule has 1 heterocycles. The number of hydrogen-bond donors (Lipinski definition) is 0. The molecule has 0 amide bonds. The summed E-state index contributed by atoms with van der Waals surface area (Å²) in [4.78, 5) is 0. The number of nitrogens with zero attached hydrogens (tertiary/aromatic N) is 2. The van der Waals surface area contributed by atoms with Crippen LogP contribution in [0.15, 0.2) is 17.8 Å². The Morgan fingerprint density at radius 3 is 2.12 bits per heavy atom. The minimum atomic E-state index is 0.464. The van der Waals surface area contributed by atoms with Gasteiger partial charge in [-0.15, -0.1) is 0 Å². The largest absolute Gasteiger partial charge is 0.377 e. The standard InChI is InChI=1S/C9H16N2O.2C2H6/c1-4-8(5-2)10-11(3)9-6-12-7-9;2*1-2/h4,9H,1,5-7H2,2-3H3;2*1-2H3/b10-8+;;. The molecule has 3 heteroatoms. The topological polar surface area (TPSA) is 24.8 Å². The van der Waals surface area contributed by atoms with Crippen LogP contribution < -0.4 is 0 Å². The summed E-state index contributed by atoms with van der Waals surface area (Å²) >= 11 is 0. The predicted octanol–water partition coefficient (Wildman–Crippen LogP) is 3.32. The van der Waals surface area contributed by atoms with Crippen molar-refractivity contribution in [2.75, 3.05) is 20.3 Å². The maximum Gasteiger partial charge on any atom is 0.0933 e. The SMILES string of the molecule is C=C/C(CC)=N\N(C)C1COC1.CC.CC. The second kappa shape index (κ2) is 12.2. The number of rotatable bonds is 4. The Morgan fingerprint density at radius 1 is 1.38 bits per heavy atom. The maximum atomic E-state index is 5.07.